The van der Waals surface area contributed by atoms with Gasteiger partial charge in [0.15, 0.2) is 0 Å². The molecule has 1 saturated carbocycles. The zero-order valence-corrected chi connectivity index (χ0v) is 12.7. The number of carboxylic acids is 1. The molecule has 0 aliphatic heterocycles. The number of urea groups is 1. The van der Waals surface area contributed by atoms with Crippen molar-refractivity contribution in [1.82, 2.24) is 10.6 Å². The molecule has 0 heterocycles. The quantitative estimate of drug-likeness (QED) is 0.682. The van der Waals surface area contributed by atoms with Gasteiger partial charge in [-0.05, 0) is 31.6 Å². The Morgan fingerprint density at radius 2 is 1.95 bits per heavy atom. The SMILES string of the molecule is CCC(NC(=O)NC1C=CC(C(=O)O)C1)C1CCCCC1. The van der Waals surface area contributed by atoms with Crippen LogP contribution < -0.4 is 10.6 Å². The number of rotatable bonds is 5. The van der Waals surface area contributed by atoms with Gasteiger partial charge in [-0.15, -0.1) is 0 Å². The second-order valence-electron chi connectivity index (χ2n) is 6.20. The van der Waals surface area contributed by atoms with Crippen LogP contribution in [0.5, 0.6) is 0 Å². The molecule has 21 heavy (non-hydrogen) atoms. The van der Waals surface area contributed by atoms with Crippen molar-refractivity contribution >= 4 is 12.0 Å². The van der Waals surface area contributed by atoms with Crippen LogP contribution in [0.25, 0.3) is 0 Å². The Balaban J connectivity index is 1.78. The van der Waals surface area contributed by atoms with E-state index in [1.807, 2.05) is 0 Å². The lowest BCUT2D eigenvalue weighted by Crippen LogP contribution is -2.48. The molecule has 0 saturated heterocycles. The zero-order chi connectivity index (χ0) is 15.2. The number of carbonyl (C=O) groups excluding carboxylic acids is 1. The fourth-order valence-corrected chi connectivity index (χ4v) is 3.46. The number of hydrogen-bond donors (Lipinski definition) is 3. The summed E-state index contributed by atoms with van der Waals surface area (Å²) in [5.41, 5.74) is 0. The molecule has 2 rings (SSSR count). The number of amides is 2. The zero-order valence-electron chi connectivity index (χ0n) is 12.7. The molecule has 0 aromatic rings. The van der Waals surface area contributed by atoms with E-state index in [0.29, 0.717) is 12.3 Å². The highest BCUT2D eigenvalue weighted by molar-refractivity contribution is 5.76. The minimum absolute atomic E-state index is 0.171. The number of carboxylic acid groups (broad SMARTS) is 1. The Kier molecular flexibility index (Phi) is 5.65. The Morgan fingerprint density at radius 1 is 1.24 bits per heavy atom. The highest BCUT2D eigenvalue weighted by Crippen LogP contribution is 2.27. The lowest BCUT2D eigenvalue weighted by atomic mass is 9.83. The van der Waals surface area contributed by atoms with Crippen LogP contribution in [0.4, 0.5) is 4.79 Å². The molecule has 2 amide bonds. The number of nitrogens with one attached hydrogen (secondary N) is 2. The van der Waals surface area contributed by atoms with Gasteiger partial charge in [-0.3, -0.25) is 4.79 Å². The predicted molar refractivity (Wildman–Crippen MR) is 81.0 cm³/mol. The first-order valence-corrected chi connectivity index (χ1v) is 8.08. The molecule has 2 aliphatic rings. The van der Waals surface area contributed by atoms with Crippen molar-refractivity contribution in [2.24, 2.45) is 11.8 Å². The van der Waals surface area contributed by atoms with Crippen molar-refractivity contribution < 1.29 is 14.7 Å². The van der Waals surface area contributed by atoms with Gasteiger partial charge in [-0.2, -0.15) is 0 Å². The van der Waals surface area contributed by atoms with Crippen molar-refractivity contribution in [3.8, 4) is 0 Å². The summed E-state index contributed by atoms with van der Waals surface area (Å²) in [5, 5.41) is 14.9. The van der Waals surface area contributed by atoms with Crippen LogP contribution in [0.2, 0.25) is 0 Å². The van der Waals surface area contributed by atoms with Crippen LogP contribution in [0.1, 0.15) is 51.9 Å². The van der Waals surface area contributed by atoms with Crippen LogP contribution >= 0.6 is 0 Å². The van der Waals surface area contributed by atoms with Crippen LogP contribution in [0.15, 0.2) is 12.2 Å². The second-order valence-corrected chi connectivity index (χ2v) is 6.20. The fourth-order valence-electron chi connectivity index (χ4n) is 3.46. The maximum atomic E-state index is 12.1. The molecule has 0 aromatic carbocycles. The average molecular weight is 294 g/mol. The topological polar surface area (TPSA) is 78.4 Å². The van der Waals surface area contributed by atoms with Crippen molar-refractivity contribution in [3.63, 3.8) is 0 Å². The van der Waals surface area contributed by atoms with Crippen molar-refractivity contribution in [1.29, 1.82) is 0 Å². The van der Waals surface area contributed by atoms with E-state index in [0.717, 1.165) is 6.42 Å². The summed E-state index contributed by atoms with van der Waals surface area (Å²) in [6.45, 7) is 2.11. The third-order valence-electron chi connectivity index (χ3n) is 4.69. The number of carbonyl (C=O) groups is 2. The van der Waals surface area contributed by atoms with Crippen molar-refractivity contribution in [2.45, 2.75) is 64.0 Å². The summed E-state index contributed by atoms with van der Waals surface area (Å²) >= 11 is 0. The summed E-state index contributed by atoms with van der Waals surface area (Å²) in [5.74, 6) is -0.722. The van der Waals surface area contributed by atoms with Gasteiger partial charge >= 0.3 is 12.0 Å². The fraction of sp³-hybridized carbons (Fsp3) is 0.750. The monoisotopic (exact) mass is 294 g/mol. The Labute approximate surface area is 126 Å². The summed E-state index contributed by atoms with van der Waals surface area (Å²) in [6.07, 6.45) is 11.0. The van der Waals surface area contributed by atoms with Crippen LogP contribution in [-0.2, 0) is 4.79 Å². The summed E-state index contributed by atoms with van der Waals surface area (Å²) in [7, 11) is 0. The molecule has 3 unspecified atom stereocenters. The van der Waals surface area contributed by atoms with Crippen LogP contribution in [0, 0.1) is 11.8 Å². The smallest absolute Gasteiger partial charge is 0.315 e. The van der Waals surface area contributed by atoms with Gasteiger partial charge in [0.25, 0.3) is 0 Å². The maximum absolute atomic E-state index is 12.1. The third-order valence-corrected chi connectivity index (χ3v) is 4.69. The standard InChI is InChI=1S/C16H26N2O3/c1-2-14(11-6-4-3-5-7-11)18-16(21)17-13-9-8-12(10-13)15(19)20/h8-9,11-14H,2-7,10H2,1H3,(H,19,20)(H2,17,18,21). The molecule has 3 N–H and O–H groups in total. The first-order valence-electron chi connectivity index (χ1n) is 8.08. The van der Waals surface area contributed by atoms with Crippen molar-refractivity contribution in [3.05, 3.63) is 12.2 Å². The molecule has 0 spiro atoms. The van der Waals surface area contributed by atoms with Gasteiger partial charge in [-0.25, -0.2) is 4.79 Å². The lowest BCUT2D eigenvalue weighted by Gasteiger charge is -2.30. The second kappa shape index (κ2) is 7.48. The third kappa shape index (κ3) is 4.48. The van der Waals surface area contributed by atoms with Gasteiger partial charge in [0.1, 0.15) is 0 Å². The maximum Gasteiger partial charge on any atom is 0.315 e. The summed E-state index contributed by atoms with van der Waals surface area (Å²) in [4.78, 5) is 23.0. The van der Waals surface area contributed by atoms with E-state index in [4.69, 9.17) is 5.11 Å². The molecule has 1 fully saturated rings. The Morgan fingerprint density at radius 3 is 2.52 bits per heavy atom. The molecular weight excluding hydrogens is 268 g/mol. The predicted octanol–water partition coefficient (Wildman–Crippen LogP) is 2.67. The molecule has 5 heteroatoms. The molecule has 118 valence electrons. The van der Waals surface area contributed by atoms with E-state index in [2.05, 4.69) is 17.6 Å². The highest BCUT2D eigenvalue weighted by atomic mass is 16.4. The van der Waals surface area contributed by atoms with E-state index in [-0.39, 0.29) is 18.1 Å². The summed E-state index contributed by atoms with van der Waals surface area (Å²) in [6, 6.07) is -0.117. The van der Waals surface area contributed by atoms with Gasteiger partial charge in [0, 0.05) is 6.04 Å². The first-order chi connectivity index (χ1) is 10.1. The largest absolute Gasteiger partial charge is 0.481 e. The van der Waals surface area contributed by atoms with Crippen molar-refractivity contribution in [2.75, 3.05) is 0 Å². The van der Waals surface area contributed by atoms with Gasteiger partial charge in [0.2, 0.25) is 0 Å². The molecule has 0 bridgehead atoms. The normalized spacial score (nSPS) is 27.3. The number of hydrogen-bond acceptors (Lipinski definition) is 2. The Bertz CT molecular complexity index is 402. The molecule has 0 aromatic heterocycles. The lowest BCUT2D eigenvalue weighted by molar-refractivity contribution is -0.140. The van der Waals surface area contributed by atoms with Gasteiger partial charge in [-0.1, -0.05) is 38.3 Å². The average Bonchev–Trinajstić information content (AvgIpc) is 2.94. The van der Waals surface area contributed by atoms with E-state index in [9.17, 15) is 9.59 Å². The minimum atomic E-state index is -0.829. The summed E-state index contributed by atoms with van der Waals surface area (Å²) < 4.78 is 0. The van der Waals surface area contributed by atoms with E-state index < -0.39 is 11.9 Å². The van der Waals surface area contributed by atoms with Gasteiger partial charge < -0.3 is 15.7 Å². The minimum Gasteiger partial charge on any atom is -0.481 e. The highest BCUT2D eigenvalue weighted by Gasteiger charge is 2.27. The van der Waals surface area contributed by atoms with E-state index in [1.165, 1.54) is 32.1 Å². The van der Waals surface area contributed by atoms with Crippen LogP contribution in [0.3, 0.4) is 0 Å². The van der Waals surface area contributed by atoms with Crippen LogP contribution in [-0.4, -0.2) is 29.2 Å². The molecular formula is C16H26N2O3. The molecule has 0 radical (unpaired) electrons. The Hall–Kier alpha value is -1.52. The van der Waals surface area contributed by atoms with Gasteiger partial charge in [0.05, 0.1) is 12.0 Å². The molecule has 5 nitrogen and oxygen atoms in total. The number of aliphatic carboxylic acids is 1. The van der Waals surface area contributed by atoms with E-state index >= 15 is 0 Å². The van der Waals surface area contributed by atoms with E-state index in [1.54, 1.807) is 12.2 Å². The first kappa shape index (κ1) is 15.9. The molecule has 2 aliphatic carbocycles. The molecule has 3 atom stereocenters.